The Hall–Kier alpha value is -0.980. The fourth-order valence-corrected chi connectivity index (χ4v) is 1.84. The summed E-state index contributed by atoms with van der Waals surface area (Å²) in [6.45, 7) is 3.49. The summed E-state index contributed by atoms with van der Waals surface area (Å²) < 4.78 is 0. The third kappa shape index (κ3) is 2.03. The molecule has 1 nitrogen and oxygen atoms in total. The number of hydrogen-bond donors (Lipinski definition) is 1. The smallest absolute Gasteiger partial charge is 0.0340 e. The predicted octanol–water partition coefficient (Wildman–Crippen LogP) is 3.14. The average Bonchev–Trinajstić information content (AvgIpc) is 2.17. The highest BCUT2D eigenvalue weighted by Crippen LogP contribution is 2.33. The lowest BCUT2D eigenvalue weighted by molar-refractivity contribution is 0.210. The second kappa shape index (κ2) is 3.82. The fourth-order valence-electron chi connectivity index (χ4n) is 1.84. The summed E-state index contributed by atoms with van der Waals surface area (Å²) in [4.78, 5) is 0. The molecular weight excluding hydrogens is 158 g/mol. The number of para-hydroxylation sites is 1. The minimum atomic E-state index is 0.903. The van der Waals surface area contributed by atoms with E-state index >= 15 is 0 Å². The maximum Gasteiger partial charge on any atom is 0.0340 e. The summed E-state index contributed by atoms with van der Waals surface area (Å²) in [6.07, 6.45) is 2.82. The van der Waals surface area contributed by atoms with Crippen LogP contribution in [0.1, 0.15) is 19.8 Å². The van der Waals surface area contributed by atoms with Gasteiger partial charge in [-0.25, -0.2) is 0 Å². The molecule has 0 heterocycles. The quantitative estimate of drug-likeness (QED) is 0.744. The summed E-state index contributed by atoms with van der Waals surface area (Å²) in [5.74, 6) is 1.83. The minimum Gasteiger partial charge on any atom is -0.385 e. The summed E-state index contributed by atoms with van der Waals surface area (Å²) >= 11 is 0. The number of rotatable bonds is 3. The molecule has 0 bridgehead atoms. The van der Waals surface area contributed by atoms with Crippen molar-refractivity contribution in [3.05, 3.63) is 30.3 Å². The predicted molar refractivity (Wildman–Crippen MR) is 56.8 cm³/mol. The van der Waals surface area contributed by atoms with E-state index in [1.165, 1.54) is 18.5 Å². The number of nitrogens with one attached hydrogen (secondary N) is 1. The molecule has 1 aliphatic rings. The first-order valence-corrected chi connectivity index (χ1v) is 5.15. The molecule has 1 N–H and O–H groups in total. The Balaban J connectivity index is 1.80. The van der Waals surface area contributed by atoms with E-state index in [1.807, 2.05) is 0 Å². The van der Waals surface area contributed by atoms with Crippen LogP contribution in [0.25, 0.3) is 0 Å². The largest absolute Gasteiger partial charge is 0.385 e. The SMILES string of the molecule is C[C@H]1CC[C@@H]1CNc1ccccc1. The van der Waals surface area contributed by atoms with Crippen LogP contribution in [0.15, 0.2) is 30.3 Å². The highest BCUT2D eigenvalue weighted by molar-refractivity contribution is 5.42. The first-order chi connectivity index (χ1) is 6.36. The van der Waals surface area contributed by atoms with E-state index in [0.29, 0.717) is 0 Å². The second-order valence-electron chi connectivity index (χ2n) is 4.06. The van der Waals surface area contributed by atoms with Gasteiger partial charge >= 0.3 is 0 Å². The molecule has 0 saturated heterocycles. The highest BCUT2D eigenvalue weighted by Gasteiger charge is 2.25. The van der Waals surface area contributed by atoms with Gasteiger partial charge in [0.05, 0.1) is 0 Å². The van der Waals surface area contributed by atoms with Crippen molar-refractivity contribution in [2.24, 2.45) is 11.8 Å². The molecule has 2 atom stereocenters. The number of anilines is 1. The van der Waals surface area contributed by atoms with Gasteiger partial charge in [0.1, 0.15) is 0 Å². The first-order valence-electron chi connectivity index (χ1n) is 5.15. The number of benzene rings is 1. The molecule has 0 aromatic heterocycles. The van der Waals surface area contributed by atoms with Crippen molar-refractivity contribution in [3.8, 4) is 0 Å². The van der Waals surface area contributed by atoms with Gasteiger partial charge in [0.25, 0.3) is 0 Å². The molecule has 1 fully saturated rings. The van der Waals surface area contributed by atoms with Gasteiger partial charge in [-0.3, -0.25) is 0 Å². The molecule has 0 amide bonds. The van der Waals surface area contributed by atoms with Crippen molar-refractivity contribution < 1.29 is 0 Å². The van der Waals surface area contributed by atoms with Crippen LogP contribution in [-0.4, -0.2) is 6.54 Å². The molecule has 0 aliphatic heterocycles. The molecule has 0 radical (unpaired) electrons. The third-order valence-electron chi connectivity index (χ3n) is 3.14. The van der Waals surface area contributed by atoms with Crippen LogP contribution in [-0.2, 0) is 0 Å². The molecule has 70 valence electrons. The van der Waals surface area contributed by atoms with Crippen molar-refractivity contribution >= 4 is 5.69 Å². The lowest BCUT2D eigenvalue weighted by Crippen LogP contribution is -2.29. The zero-order valence-corrected chi connectivity index (χ0v) is 8.16. The second-order valence-corrected chi connectivity index (χ2v) is 4.06. The van der Waals surface area contributed by atoms with E-state index in [9.17, 15) is 0 Å². The van der Waals surface area contributed by atoms with E-state index in [2.05, 4.69) is 42.6 Å². The van der Waals surface area contributed by atoms with Gasteiger partial charge in [-0.2, -0.15) is 0 Å². The van der Waals surface area contributed by atoms with Gasteiger partial charge in [-0.05, 0) is 30.4 Å². The zero-order valence-electron chi connectivity index (χ0n) is 8.16. The molecule has 13 heavy (non-hydrogen) atoms. The average molecular weight is 175 g/mol. The van der Waals surface area contributed by atoms with Crippen LogP contribution in [0.2, 0.25) is 0 Å². The molecule has 1 aromatic carbocycles. The Labute approximate surface area is 80.2 Å². The van der Waals surface area contributed by atoms with Crippen LogP contribution in [0.3, 0.4) is 0 Å². The van der Waals surface area contributed by atoms with Gasteiger partial charge in [0, 0.05) is 12.2 Å². The number of hydrogen-bond acceptors (Lipinski definition) is 1. The van der Waals surface area contributed by atoms with Crippen LogP contribution in [0, 0.1) is 11.8 Å². The van der Waals surface area contributed by atoms with Gasteiger partial charge in [-0.15, -0.1) is 0 Å². The standard InChI is InChI=1S/C12H17N/c1-10-7-8-11(10)9-13-12-5-3-2-4-6-12/h2-6,10-11,13H,7-9H2,1H3/t10-,11+/m0/s1. The molecule has 1 aliphatic carbocycles. The molecule has 0 unspecified atom stereocenters. The molecular formula is C12H17N. The summed E-state index contributed by atoms with van der Waals surface area (Å²) in [5.41, 5.74) is 1.25. The van der Waals surface area contributed by atoms with E-state index in [0.717, 1.165) is 18.4 Å². The third-order valence-corrected chi connectivity index (χ3v) is 3.14. The van der Waals surface area contributed by atoms with Crippen LogP contribution < -0.4 is 5.32 Å². The van der Waals surface area contributed by atoms with Crippen molar-refractivity contribution in [2.45, 2.75) is 19.8 Å². The summed E-state index contributed by atoms with van der Waals surface area (Å²) in [7, 11) is 0. The fraction of sp³-hybridized carbons (Fsp3) is 0.500. The lowest BCUT2D eigenvalue weighted by atomic mass is 9.75. The van der Waals surface area contributed by atoms with E-state index in [4.69, 9.17) is 0 Å². The zero-order chi connectivity index (χ0) is 9.10. The molecule has 0 spiro atoms. The summed E-state index contributed by atoms with van der Waals surface area (Å²) in [6, 6.07) is 10.5. The van der Waals surface area contributed by atoms with Crippen molar-refractivity contribution in [2.75, 3.05) is 11.9 Å². The van der Waals surface area contributed by atoms with E-state index in [-0.39, 0.29) is 0 Å². The molecule has 1 aromatic rings. The van der Waals surface area contributed by atoms with Crippen molar-refractivity contribution in [3.63, 3.8) is 0 Å². The lowest BCUT2D eigenvalue weighted by Gasteiger charge is -2.34. The Morgan fingerprint density at radius 2 is 2.00 bits per heavy atom. The monoisotopic (exact) mass is 175 g/mol. The molecule has 2 rings (SSSR count). The topological polar surface area (TPSA) is 12.0 Å². The first kappa shape index (κ1) is 8.61. The van der Waals surface area contributed by atoms with E-state index < -0.39 is 0 Å². The van der Waals surface area contributed by atoms with Gasteiger partial charge in [-0.1, -0.05) is 31.5 Å². The van der Waals surface area contributed by atoms with Crippen LogP contribution >= 0.6 is 0 Å². The van der Waals surface area contributed by atoms with Gasteiger partial charge in [0.2, 0.25) is 0 Å². The highest BCUT2D eigenvalue weighted by atomic mass is 14.9. The van der Waals surface area contributed by atoms with Gasteiger partial charge in [0.15, 0.2) is 0 Å². The van der Waals surface area contributed by atoms with Crippen LogP contribution in [0.5, 0.6) is 0 Å². The minimum absolute atomic E-state index is 0.903. The van der Waals surface area contributed by atoms with Crippen molar-refractivity contribution in [1.82, 2.24) is 0 Å². The van der Waals surface area contributed by atoms with Crippen molar-refractivity contribution in [1.29, 1.82) is 0 Å². The molecule has 1 heteroatoms. The Kier molecular flexibility index (Phi) is 2.53. The maximum absolute atomic E-state index is 3.48. The normalized spacial score (nSPS) is 26.5. The van der Waals surface area contributed by atoms with Gasteiger partial charge < -0.3 is 5.32 Å². The Morgan fingerprint density at radius 3 is 2.54 bits per heavy atom. The Morgan fingerprint density at radius 1 is 1.23 bits per heavy atom. The summed E-state index contributed by atoms with van der Waals surface area (Å²) in [5, 5.41) is 3.48. The van der Waals surface area contributed by atoms with Crippen LogP contribution in [0.4, 0.5) is 5.69 Å². The maximum atomic E-state index is 3.48. The Bertz CT molecular complexity index is 255. The molecule has 1 saturated carbocycles. The van der Waals surface area contributed by atoms with E-state index in [1.54, 1.807) is 0 Å².